The summed E-state index contributed by atoms with van der Waals surface area (Å²) in [6, 6.07) is 19.1. The average molecular weight is 429 g/mol. The van der Waals surface area contributed by atoms with Crippen molar-refractivity contribution >= 4 is 56.3 Å². The first-order valence-corrected chi connectivity index (χ1v) is 10.0. The van der Waals surface area contributed by atoms with Crippen molar-refractivity contribution in [3.63, 3.8) is 0 Å². The standard InChI is InChI=1S/C21H14Cl2N2O2S/c22-14-8-9-19(17(23)10-14)27-11-20(26)25-21-24-18(12-28-21)16-7-3-5-13-4-1-2-6-15(13)16/h1-10,12H,11H2,(H,24,25,26). The van der Waals surface area contributed by atoms with Gasteiger partial charge in [-0.05, 0) is 29.0 Å². The first-order valence-electron chi connectivity index (χ1n) is 8.41. The van der Waals surface area contributed by atoms with Crippen molar-refractivity contribution in [2.24, 2.45) is 0 Å². The molecule has 1 N–H and O–H groups in total. The zero-order chi connectivity index (χ0) is 19.5. The van der Waals surface area contributed by atoms with E-state index in [2.05, 4.69) is 28.5 Å². The Morgan fingerprint density at radius 3 is 2.75 bits per heavy atom. The van der Waals surface area contributed by atoms with Crippen LogP contribution < -0.4 is 10.1 Å². The Bertz CT molecular complexity index is 1150. The third-order valence-corrected chi connectivity index (χ3v) is 5.36. The number of rotatable bonds is 5. The minimum atomic E-state index is -0.315. The van der Waals surface area contributed by atoms with Crippen LogP contribution in [0.3, 0.4) is 0 Å². The zero-order valence-electron chi connectivity index (χ0n) is 14.5. The number of anilines is 1. The number of aromatic nitrogens is 1. The molecule has 0 bridgehead atoms. The Balaban J connectivity index is 1.45. The summed E-state index contributed by atoms with van der Waals surface area (Å²) in [6.45, 7) is -0.176. The van der Waals surface area contributed by atoms with Gasteiger partial charge in [0.15, 0.2) is 11.7 Å². The average Bonchev–Trinajstić information content (AvgIpc) is 3.15. The highest BCUT2D eigenvalue weighted by atomic mass is 35.5. The third kappa shape index (κ3) is 4.12. The molecule has 1 amide bonds. The number of fused-ring (bicyclic) bond motifs is 1. The highest BCUT2D eigenvalue weighted by Gasteiger charge is 2.11. The van der Waals surface area contributed by atoms with Gasteiger partial charge in [-0.1, -0.05) is 65.7 Å². The van der Waals surface area contributed by atoms with Gasteiger partial charge < -0.3 is 4.74 Å². The molecular formula is C21H14Cl2N2O2S. The fraction of sp³-hybridized carbons (Fsp3) is 0.0476. The van der Waals surface area contributed by atoms with E-state index >= 15 is 0 Å². The number of hydrogen-bond donors (Lipinski definition) is 1. The van der Waals surface area contributed by atoms with E-state index in [-0.39, 0.29) is 12.5 Å². The normalized spacial score (nSPS) is 10.8. The lowest BCUT2D eigenvalue weighted by Gasteiger charge is -2.07. The van der Waals surface area contributed by atoms with Gasteiger partial charge >= 0.3 is 0 Å². The molecule has 0 saturated heterocycles. The van der Waals surface area contributed by atoms with Crippen LogP contribution in [0, 0.1) is 0 Å². The fourth-order valence-corrected chi connectivity index (χ4v) is 3.98. The maximum absolute atomic E-state index is 12.2. The summed E-state index contributed by atoms with van der Waals surface area (Å²) < 4.78 is 5.45. The van der Waals surface area contributed by atoms with Crippen molar-refractivity contribution in [3.05, 3.63) is 76.1 Å². The molecule has 1 aromatic heterocycles. The second-order valence-electron chi connectivity index (χ2n) is 5.98. The number of halogens is 2. The van der Waals surface area contributed by atoms with Crippen LogP contribution >= 0.6 is 34.5 Å². The summed E-state index contributed by atoms with van der Waals surface area (Å²) in [6.07, 6.45) is 0. The van der Waals surface area contributed by atoms with Crippen molar-refractivity contribution in [2.75, 3.05) is 11.9 Å². The maximum Gasteiger partial charge on any atom is 0.264 e. The lowest BCUT2D eigenvalue weighted by molar-refractivity contribution is -0.118. The van der Waals surface area contributed by atoms with Gasteiger partial charge in [-0.3, -0.25) is 10.1 Å². The number of amides is 1. The quantitative estimate of drug-likeness (QED) is 0.406. The number of carbonyl (C=O) groups excluding carboxylic acids is 1. The van der Waals surface area contributed by atoms with E-state index in [0.717, 1.165) is 22.0 Å². The molecule has 0 saturated carbocycles. The summed E-state index contributed by atoms with van der Waals surface area (Å²) in [5.41, 5.74) is 1.85. The summed E-state index contributed by atoms with van der Waals surface area (Å²) in [5.74, 6) is 0.0848. The molecule has 0 unspecified atom stereocenters. The molecule has 7 heteroatoms. The van der Waals surface area contributed by atoms with Crippen molar-refractivity contribution in [1.82, 2.24) is 4.98 Å². The molecule has 0 atom stereocenters. The Hall–Kier alpha value is -2.60. The largest absolute Gasteiger partial charge is 0.482 e. The number of thiazole rings is 1. The fourth-order valence-electron chi connectivity index (χ4n) is 2.79. The summed E-state index contributed by atoms with van der Waals surface area (Å²) in [7, 11) is 0. The molecule has 0 aliphatic heterocycles. The lowest BCUT2D eigenvalue weighted by atomic mass is 10.0. The number of carbonyl (C=O) groups is 1. The highest BCUT2D eigenvalue weighted by molar-refractivity contribution is 7.14. The molecule has 0 aliphatic carbocycles. The van der Waals surface area contributed by atoms with Crippen LogP contribution in [0.25, 0.3) is 22.0 Å². The number of hydrogen-bond acceptors (Lipinski definition) is 4. The highest BCUT2D eigenvalue weighted by Crippen LogP contribution is 2.31. The maximum atomic E-state index is 12.2. The first kappa shape index (κ1) is 18.7. The van der Waals surface area contributed by atoms with E-state index < -0.39 is 0 Å². The monoisotopic (exact) mass is 428 g/mol. The van der Waals surface area contributed by atoms with E-state index in [1.54, 1.807) is 18.2 Å². The summed E-state index contributed by atoms with van der Waals surface area (Å²) >= 11 is 13.3. The molecular weight excluding hydrogens is 415 g/mol. The Kier molecular flexibility index (Phi) is 5.48. The van der Waals surface area contributed by atoms with Gasteiger partial charge in [-0.25, -0.2) is 4.98 Å². The van der Waals surface area contributed by atoms with Crippen LogP contribution in [0.1, 0.15) is 0 Å². The SMILES string of the molecule is O=C(COc1ccc(Cl)cc1Cl)Nc1nc(-c2cccc3ccccc23)cs1. The van der Waals surface area contributed by atoms with E-state index in [4.69, 9.17) is 27.9 Å². The van der Waals surface area contributed by atoms with E-state index in [1.165, 1.54) is 11.3 Å². The molecule has 0 fully saturated rings. The van der Waals surface area contributed by atoms with Crippen LogP contribution in [0.15, 0.2) is 66.0 Å². The van der Waals surface area contributed by atoms with E-state index in [0.29, 0.717) is 20.9 Å². The molecule has 4 aromatic rings. The number of nitrogens with zero attached hydrogens (tertiary/aromatic N) is 1. The summed E-state index contributed by atoms with van der Waals surface area (Å²) in [4.78, 5) is 16.7. The molecule has 1 heterocycles. The van der Waals surface area contributed by atoms with Crippen LogP contribution in [-0.2, 0) is 4.79 Å². The predicted molar refractivity (Wildman–Crippen MR) is 116 cm³/mol. The molecule has 4 rings (SSSR count). The Labute approximate surface area is 175 Å². The number of nitrogens with one attached hydrogen (secondary N) is 1. The van der Waals surface area contributed by atoms with Crippen molar-refractivity contribution in [1.29, 1.82) is 0 Å². The number of benzene rings is 3. The molecule has 28 heavy (non-hydrogen) atoms. The molecule has 4 nitrogen and oxygen atoms in total. The van der Waals surface area contributed by atoms with Crippen LogP contribution in [0.5, 0.6) is 5.75 Å². The van der Waals surface area contributed by atoms with Crippen LogP contribution in [0.4, 0.5) is 5.13 Å². The van der Waals surface area contributed by atoms with Gasteiger partial charge in [0.25, 0.3) is 5.91 Å². The first-order chi connectivity index (χ1) is 13.6. The topological polar surface area (TPSA) is 51.2 Å². The van der Waals surface area contributed by atoms with Gasteiger partial charge in [0.2, 0.25) is 0 Å². The van der Waals surface area contributed by atoms with E-state index in [1.807, 2.05) is 29.6 Å². The van der Waals surface area contributed by atoms with Gasteiger partial charge in [-0.15, -0.1) is 11.3 Å². The zero-order valence-corrected chi connectivity index (χ0v) is 16.8. The Morgan fingerprint density at radius 1 is 1.07 bits per heavy atom. The van der Waals surface area contributed by atoms with Gasteiger partial charge in [-0.2, -0.15) is 0 Å². The minimum Gasteiger partial charge on any atom is -0.482 e. The van der Waals surface area contributed by atoms with Gasteiger partial charge in [0, 0.05) is 16.0 Å². The van der Waals surface area contributed by atoms with Gasteiger partial charge in [0.1, 0.15) is 5.75 Å². The lowest BCUT2D eigenvalue weighted by Crippen LogP contribution is -2.20. The van der Waals surface area contributed by atoms with E-state index in [9.17, 15) is 4.79 Å². The second kappa shape index (κ2) is 8.19. The van der Waals surface area contributed by atoms with Crippen LogP contribution in [0.2, 0.25) is 10.0 Å². The Morgan fingerprint density at radius 2 is 1.89 bits per heavy atom. The second-order valence-corrected chi connectivity index (χ2v) is 7.68. The molecule has 140 valence electrons. The summed E-state index contributed by atoms with van der Waals surface area (Å²) in [5, 5.41) is 8.32. The molecule has 0 spiro atoms. The third-order valence-electron chi connectivity index (χ3n) is 4.07. The predicted octanol–water partition coefficient (Wildman–Crippen LogP) is 6.29. The molecule has 0 aliphatic rings. The number of ether oxygens (including phenoxy) is 1. The van der Waals surface area contributed by atoms with Crippen molar-refractivity contribution in [3.8, 4) is 17.0 Å². The van der Waals surface area contributed by atoms with Gasteiger partial charge in [0.05, 0.1) is 10.7 Å². The van der Waals surface area contributed by atoms with Crippen molar-refractivity contribution in [2.45, 2.75) is 0 Å². The molecule has 3 aromatic carbocycles. The van der Waals surface area contributed by atoms with Crippen molar-refractivity contribution < 1.29 is 9.53 Å². The van der Waals surface area contributed by atoms with Crippen LogP contribution in [-0.4, -0.2) is 17.5 Å². The smallest absolute Gasteiger partial charge is 0.264 e. The molecule has 0 radical (unpaired) electrons. The minimum absolute atomic E-state index is 0.176.